The average Bonchev–Trinajstić information content (AvgIpc) is 2.63. The van der Waals surface area contributed by atoms with Crippen LogP contribution in [-0.4, -0.2) is 34.1 Å². The molecule has 0 aliphatic carbocycles. The highest BCUT2D eigenvalue weighted by Crippen LogP contribution is 2.14. The topological polar surface area (TPSA) is 60.7 Å². The molecule has 25 heavy (non-hydrogen) atoms. The molecule has 0 aliphatic rings. The van der Waals surface area contributed by atoms with Crippen LogP contribution in [0.4, 0.5) is 0 Å². The Morgan fingerprint density at radius 2 is 0.800 bits per heavy atom. The number of aliphatic hydroxyl groups is 3. The Labute approximate surface area is 157 Å². The van der Waals surface area contributed by atoms with Crippen LogP contribution in [0.3, 0.4) is 0 Å². The van der Waals surface area contributed by atoms with Crippen LogP contribution in [0.1, 0.15) is 122 Å². The third-order valence-electron chi connectivity index (χ3n) is 5.23. The van der Waals surface area contributed by atoms with Gasteiger partial charge >= 0.3 is 0 Å². The van der Waals surface area contributed by atoms with E-state index >= 15 is 0 Å². The van der Waals surface area contributed by atoms with Gasteiger partial charge in [0.15, 0.2) is 0 Å². The maximum atomic E-state index is 9.53. The average molecular weight is 359 g/mol. The van der Waals surface area contributed by atoms with Gasteiger partial charge in [-0.2, -0.15) is 0 Å². The number of aliphatic hydroxyl groups excluding tert-OH is 3. The smallest absolute Gasteiger partial charge is 0.103 e. The van der Waals surface area contributed by atoms with Gasteiger partial charge in [0.05, 0.1) is 12.7 Å². The largest absolute Gasteiger partial charge is 0.394 e. The van der Waals surface area contributed by atoms with Crippen molar-refractivity contribution >= 4 is 0 Å². The maximum absolute atomic E-state index is 9.53. The maximum Gasteiger partial charge on any atom is 0.103 e. The number of hydrogen-bond donors (Lipinski definition) is 3. The molecular weight excluding hydrogens is 312 g/mol. The van der Waals surface area contributed by atoms with Crippen molar-refractivity contribution in [2.45, 2.75) is 135 Å². The predicted octanol–water partition coefficient (Wildman–Crippen LogP) is 5.74. The van der Waals surface area contributed by atoms with E-state index in [9.17, 15) is 10.2 Å². The van der Waals surface area contributed by atoms with Crippen LogP contribution in [0.15, 0.2) is 0 Å². The lowest BCUT2D eigenvalue weighted by atomic mass is 10.0. The molecule has 0 aliphatic heterocycles. The molecule has 0 saturated heterocycles. The van der Waals surface area contributed by atoms with Crippen molar-refractivity contribution in [1.82, 2.24) is 0 Å². The summed E-state index contributed by atoms with van der Waals surface area (Å²) < 4.78 is 0. The zero-order valence-electron chi connectivity index (χ0n) is 16.9. The predicted molar refractivity (Wildman–Crippen MR) is 108 cm³/mol. The molecule has 0 fully saturated rings. The van der Waals surface area contributed by atoms with E-state index in [1.165, 1.54) is 96.3 Å². The third kappa shape index (κ3) is 18.5. The summed E-state index contributed by atoms with van der Waals surface area (Å²) in [5.74, 6) is 0. The van der Waals surface area contributed by atoms with E-state index in [1.54, 1.807) is 0 Å². The molecule has 0 bridgehead atoms. The fraction of sp³-hybridized carbons (Fsp3) is 1.00. The molecule has 0 heterocycles. The molecule has 3 N–H and O–H groups in total. The van der Waals surface area contributed by atoms with Gasteiger partial charge in [0, 0.05) is 0 Å². The van der Waals surface area contributed by atoms with Gasteiger partial charge in [0.25, 0.3) is 0 Å². The highest BCUT2D eigenvalue weighted by Gasteiger charge is 2.13. The van der Waals surface area contributed by atoms with Crippen molar-refractivity contribution in [3.8, 4) is 0 Å². The number of hydrogen-bond acceptors (Lipinski definition) is 3. The summed E-state index contributed by atoms with van der Waals surface area (Å²) in [7, 11) is 0. The number of rotatable bonds is 20. The lowest BCUT2D eigenvalue weighted by Crippen LogP contribution is -2.28. The Morgan fingerprint density at radius 3 is 1.12 bits per heavy atom. The summed E-state index contributed by atoms with van der Waals surface area (Å²) in [6.07, 6.45) is 21.7. The minimum atomic E-state index is -0.971. The van der Waals surface area contributed by atoms with E-state index in [1.807, 2.05) is 0 Å². The lowest BCUT2D eigenvalue weighted by molar-refractivity contribution is -0.0185. The molecule has 3 heteroatoms. The molecule has 3 nitrogen and oxygen atoms in total. The minimum absolute atomic E-state index is 0.347. The quantitative estimate of drug-likeness (QED) is 0.243. The second-order valence-corrected chi connectivity index (χ2v) is 7.76. The molecule has 0 amide bonds. The van der Waals surface area contributed by atoms with Gasteiger partial charge in [0.2, 0.25) is 0 Å². The van der Waals surface area contributed by atoms with Gasteiger partial charge in [-0.15, -0.1) is 0 Å². The van der Waals surface area contributed by atoms with E-state index in [0.717, 1.165) is 12.8 Å². The zero-order chi connectivity index (χ0) is 18.6. The first-order chi connectivity index (χ1) is 12.2. The van der Waals surface area contributed by atoms with Crippen LogP contribution in [0.2, 0.25) is 0 Å². The van der Waals surface area contributed by atoms with Gasteiger partial charge in [-0.25, -0.2) is 0 Å². The van der Waals surface area contributed by atoms with E-state index in [0.29, 0.717) is 6.42 Å². The second-order valence-electron chi connectivity index (χ2n) is 7.76. The molecule has 0 aromatic carbocycles. The van der Waals surface area contributed by atoms with E-state index in [2.05, 4.69) is 6.92 Å². The van der Waals surface area contributed by atoms with Gasteiger partial charge in [0.1, 0.15) is 6.10 Å². The zero-order valence-corrected chi connectivity index (χ0v) is 16.9. The Bertz CT molecular complexity index is 245. The summed E-state index contributed by atoms with van der Waals surface area (Å²) >= 11 is 0. The van der Waals surface area contributed by atoms with E-state index < -0.39 is 12.2 Å². The molecular formula is C22H46O3. The van der Waals surface area contributed by atoms with Gasteiger partial charge < -0.3 is 15.3 Å². The first-order valence-corrected chi connectivity index (χ1v) is 11.2. The Morgan fingerprint density at radius 1 is 0.480 bits per heavy atom. The van der Waals surface area contributed by atoms with Gasteiger partial charge in [-0.1, -0.05) is 116 Å². The van der Waals surface area contributed by atoms with Gasteiger partial charge in [-0.3, -0.25) is 0 Å². The third-order valence-corrected chi connectivity index (χ3v) is 5.23. The van der Waals surface area contributed by atoms with Crippen LogP contribution < -0.4 is 0 Å². The summed E-state index contributed by atoms with van der Waals surface area (Å²) in [6, 6.07) is 0. The van der Waals surface area contributed by atoms with Crippen molar-refractivity contribution < 1.29 is 15.3 Å². The molecule has 2 unspecified atom stereocenters. The van der Waals surface area contributed by atoms with Crippen LogP contribution in [0.5, 0.6) is 0 Å². The van der Waals surface area contributed by atoms with Crippen LogP contribution in [-0.2, 0) is 0 Å². The fourth-order valence-electron chi connectivity index (χ4n) is 3.39. The van der Waals surface area contributed by atoms with E-state index in [-0.39, 0.29) is 6.61 Å². The number of unbranched alkanes of at least 4 members (excludes halogenated alkanes) is 16. The SMILES string of the molecule is CCCCCCCCCCCCCCCCCCCC(O)C(O)CO. The molecule has 0 aromatic heterocycles. The van der Waals surface area contributed by atoms with Gasteiger partial charge in [-0.05, 0) is 6.42 Å². The summed E-state index contributed by atoms with van der Waals surface area (Å²) in [4.78, 5) is 0. The lowest BCUT2D eigenvalue weighted by Gasteiger charge is -2.14. The van der Waals surface area contributed by atoms with Crippen LogP contribution >= 0.6 is 0 Å². The minimum Gasteiger partial charge on any atom is -0.394 e. The van der Waals surface area contributed by atoms with Crippen molar-refractivity contribution in [3.05, 3.63) is 0 Å². The molecule has 2 atom stereocenters. The Balaban J connectivity index is 3.07. The molecule has 152 valence electrons. The molecule has 0 aromatic rings. The van der Waals surface area contributed by atoms with Crippen molar-refractivity contribution in [3.63, 3.8) is 0 Å². The van der Waals surface area contributed by atoms with Crippen LogP contribution in [0.25, 0.3) is 0 Å². The fourth-order valence-corrected chi connectivity index (χ4v) is 3.39. The Hall–Kier alpha value is -0.120. The molecule has 0 radical (unpaired) electrons. The molecule has 0 spiro atoms. The van der Waals surface area contributed by atoms with Crippen molar-refractivity contribution in [2.24, 2.45) is 0 Å². The second kappa shape index (κ2) is 20.2. The molecule has 0 rings (SSSR count). The highest BCUT2D eigenvalue weighted by molar-refractivity contribution is 4.65. The van der Waals surface area contributed by atoms with Crippen molar-refractivity contribution in [1.29, 1.82) is 0 Å². The Kier molecular flexibility index (Phi) is 20.1. The summed E-state index contributed by atoms with van der Waals surface area (Å²) in [5.41, 5.74) is 0. The summed E-state index contributed by atoms with van der Waals surface area (Å²) in [5, 5.41) is 27.5. The monoisotopic (exact) mass is 358 g/mol. The van der Waals surface area contributed by atoms with E-state index in [4.69, 9.17) is 5.11 Å². The standard InChI is InChI=1S/C22H46O3/c1-2-3-4-5-6-7-8-9-10-11-12-13-14-15-16-17-18-19-21(24)22(25)20-23/h21-25H,2-20H2,1H3. The molecule has 0 saturated carbocycles. The summed E-state index contributed by atoms with van der Waals surface area (Å²) in [6.45, 7) is 1.93. The highest BCUT2D eigenvalue weighted by atomic mass is 16.4. The van der Waals surface area contributed by atoms with Crippen molar-refractivity contribution in [2.75, 3.05) is 6.61 Å². The van der Waals surface area contributed by atoms with Crippen LogP contribution in [0, 0.1) is 0 Å². The first kappa shape index (κ1) is 24.9. The first-order valence-electron chi connectivity index (χ1n) is 11.2. The normalized spacial score (nSPS) is 13.9.